The van der Waals surface area contributed by atoms with E-state index >= 15 is 0 Å². The van der Waals surface area contributed by atoms with E-state index in [-0.39, 0.29) is 29.3 Å². The molecule has 0 aromatic heterocycles. The Morgan fingerprint density at radius 2 is 2.07 bits per heavy atom. The third-order valence-corrected chi connectivity index (χ3v) is 4.98. The number of carbonyl (C=O) groups is 1. The standard InChI is InChI=1S/C20H25ClFN5O2S/c1-20(11-29-3,13-7-8-15(22)14(21)9-13)27-19(30)26-16-6-4-5-12(17(16)23)10-25-18(28)24-2/h4-9H,10-11,23H2,1-3H3,(H2,24,25,28)(H2,26,27,30)/t20-/m1/s1. The quantitative estimate of drug-likeness (QED) is 0.325. The predicted octanol–water partition coefficient (Wildman–Crippen LogP) is 3.34. The van der Waals surface area contributed by atoms with Gasteiger partial charge in [-0.15, -0.1) is 0 Å². The van der Waals surface area contributed by atoms with Crippen LogP contribution >= 0.6 is 23.8 Å². The Balaban J connectivity index is 2.17. The van der Waals surface area contributed by atoms with Crippen molar-refractivity contribution in [1.82, 2.24) is 16.0 Å². The van der Waals surface area contributed by atoms with Crippen molar-refractivity contribution in [1.29, 1.82) is 0 Å². The van der Waals surface area contributed by atoms with Crippen molar-refractivity contribution in [2.45, 2.75) is 19.0 Å². The lowest BCUT2D eigenvalue weighted by Gasteiger charge is -2.32. The van der Waals surface area contributed by atoms with E-state index in [0.29, 0.717) is 16.9 Å². The second-order valence-corrected chi connectivity index (χ2v) is 7.60. The number of nitrogens with two attached hydrogens (primary N) is 1. The normalized spacial score (nSPS) is 12.6. The molecule has 10 heteroatoms. The van der Waals surface area contributed by atoms with E-state index in [1.165, 1.54) is 19.2 Å². The van der Waals surface area contributed by atoms with E-state index in [0.717, 1.165) is 5.56 Å². The van der Waals surface area contributed by atoms with Crippen LogP contribution in [-0.2, 0) is 16.8 Å². The van der Waals surface area contributed by atoms with Crippen molar-refractivity contribution in [3.05, 3.63) is 58.4 Å². The van der Waals surface area contributed by atoms with E-state index in [4.69, 9.17) is 34.3 Å². The van der Waals surface area contributed by atoms with Gasteiger partial charge >= 0.3 is 6.03 Å². The third kappa shape index (κ3) is 5.94. The lowest BCUT2D eigenvalue weighted by atomic mass is 9.93. The van der Waals surface area contributed by atoms with Gasteiger partial charge in [0.15, 0.2) is 5.11 Å². The number of nitrogen functional groups attached to an aromatic ring is 1. The van der Waals surface area contributed by atoms with Crippen molar-refractivity contribution >= 4 is 46.3 Å². The van der Waals surface area contributed by atoms with Crippen LogP contribution in [-0.4, -0.2) is 31.9 Å². The molecular formula is C20H25ClFN5O2S. The molecule has 2 rings (SSSR count). The molecule has 1 atom stereocenters. The molecule has 2 amide bonds. The minimum absolute atomic E-state index is 0.0102. The van der Waals surface area contributed by atoms with Crippen LogP contribution in [0.25, 0.3) is 0 Å². The SMILES string of the molecule is CNC(=O)NCc1cccc(NC(=S)N[C@](C)(COC)c2ccc(F)c(Cl)c2)c1N. The van der Waals surface area contributed by atoms with Gasteiger partial charge in [0, 0.05) is 20.7 Å². The number of carbonyl (C=O) groups excluding carboxylic acids is 1. The van der Waals surface area contributed by atoms with Crippen LogP contribution < -0.4 is 27.0 Å². The first kappa shape index (κ1) is 23.7. The fraction of sp³-hybridized carbons (Fsp3) is 0.300. The van der Waals surface area contributed by atoms with Crippen LogP contribution in [0.4, 0.5) is 20.6 Å². The van der Waals surface area contributed by atoms with Gasteiger partial charge in [-0.1, -0.05) is 29.8 Å². The average molecular weight is 454 g/mol. The Bertz CT molecular complexity index is 930. The first-order valence-corrected chi connectivity index (χ1v) is 9.85. The van der Waals surface area contributed by atoms with E-state index in [1.807, 2.05) is 13.0 Å². The van der Waals surface area contributed by atoms with E-state index < -0.39 is 11.4 Å². The zero-order chi connectivity index (χ0) is 22.3. The fourth-order valence-corrected chi connectivity index (χ4v) is 3.38. The number of thiocarbonyl (C=S) groups is 1. The smallest absolute Gasteiger partial charge is 0.314 e. The molecule has 6 N–H and O–H groups in total. The Kier molecular flexibility index (Phi) is 8.22. The van der Waals surface area contributed by atoms with Crippen molar-refractivity contribution in [2.24, 2.45) is 0 Å². The van der Waals surface area contributed by atoms with Gasteiger partial charge in [0.2, 0.25) is 0 Å². The van der Waals surface area contributed by atoms with Gasteiger partial charge in [0.1, 0.15) is 5.82 Å². The maximum absolute atomic E-state index is 13.6. The first-order chi connectivity index (χ1) is 14.2. The molecule has 2 aromatic carbocycles. The Morgan fingerprint density at radius 1 is 1.33 bits per heavy atom. The van der Waals surface area contributed by atoms with Crippen LogP contribution in [0.3, 0.4) is 0 Å². The molecule has 0 bridgehead atoms. The summed E-state index contributed by atoms with van der Waals surface area (Å²) in [5.74, 6) is -0.504. The number of benzene rings is 2. The molecular weight excluding hydrogens is 429 g/mol. The van der Waals surface area contributed by atoms with Crippen molar-refractivity contribution < 1.29 is 13.9 Å². The number of urea groups is 1. The number of amides is 2. The monoisotopic (exact) mass is 453 g/mol. The largest absolute Gasteiger partial charge is 0.397 e. The highest BCUT2D eigenvalue weighted by atomic mass is 35.5. The van der Waals surface area contributed by atoms with Crippen LogP contribution in [0.1, 0.15) is 18.1 Å². The molecule has 0 aliphatic rings. The molecule has 0 heterocycles. The van der Waals surface area contributed by atoms with Crippen LogP contribution in [0.5, 0.6) is 0 Å². The molecule has 0 aliphatic heterocycles. The third-order valence-electron chi connectivity index (χ3n) is 4.49. The summed E-state index contributed by atoms with van der Waals surface area (Å²) in [7, 11) is 3.09. The minimum atomic E-state index is -0.774. The number of nitrogens with one attached hydrogen (secondary N) is 4. The number of para-hydroxylation sites is 1. The minimum Gasteiger partial charge on any atom is -0.397 e. The highest BCUT2D eigenvalue weighted by molar-refractivity contribution is 7.80. The molecule has 0 radical (unpaired) electrons. The Labute approximate surface area is 185 Å². The fourth-order valence-electron chi connectivity index (χ4n) is 2.86. The number of anilines is 2. The van der Waals surface area contributed by atoms with Gasteiger partial charge in [-0.25, -0.2) is 9.18 Å². The first-order valence-electron chi connectivity index (χ1n) is 9.06. The maximum atomic E-state index is 13.6. The van der Waals surface area contributed by atoms with Crippen molar-refractivity contribution in [2.75, 3.05) is 31.8 Å². The zero-order valence-electron chi connectivity index (χ0n) is 16.9. The summed E-state index contributed by atoms with van der Waals surface area (Å²) in [5.41, 5.74) is 7.93. The molecule has 0 aliphatic carbocycles. The van der Waals surface area contributed by atoms with E-state index in [9.17, 15) is 9.18 Å². The molecule has 0 unspecified atom stereocenters. The summed E-state index contributed by atoms with van der Waals surface area (Å²) in [6.45, 7) is 2.38. The van der Waals surface area contributed by atoms with Gasteiger partial charge in [-0.05, 0) is 48.5 Å². The molecule has 0 saturated heterocycles. The molecule has 30 heavy (non-hydrogen) atoms. The Hall–Kier alpha value is -2.62. The summed E-state index contributed by atoms with van der Waals surface area (Å²) in [5, 5.41) is 11.7. The second-order valence-electron chi connectivity index (χ2n) is 6.78. The predicted molar refractivity (Wildman–Crippen MR) is 122 cm³/mol. The summed E-state index contributed by atoms with van der Waals surface area (Å²) in [4.78, 5) is 11.4. The van der Waals surface area contributed by atoms with E-state index in [2.05, 4.69) is 21.3 Å². The van der Waals surface area contributed by atoms with Gasteiger partial charge in [0.05, 0.1) is 28.5 Å². The van der Waals surface area contributed by atoms with Gasteiger partial charge in [-0.2, -0.15) is 0 Å². The van der Waals surface area contributed by atoms with Gasteiger partial charge in [-0.3, -0.25) is 0 Å². The number of methoxy groups -OCH3 is 1. The number of ether oxygens (including phenoxy) is 1. The number of halogens is 2. The van der Waals surface area contributed by atoms with Gasteiger partial charge in [0.25, 0.3) is 0 Å². The van der Waals surface area contributed by atoms with Crippen molar-refractivity contribution in [3.63, 3.8) is 0 Å². The molecule has 0 fully saturated rings. The summed E-state index contributed by atoms with van der Waals surface area (Å²) in [6, 6.07) is 9.52. The van der Waals surface area contributed by atoms with Crippen LogP contribution in [0, 0.1) is 5.82 Å². The highest BCUT2D eigenvalue weighted by Crippen LogP contribution is 2.27. The molecule has 0 spiro atoms. The van der Waals surface area contributed by atoms with Crippen LogP contribution in [0.15, 0.2) is 36.4 Å². The number of rotatable bonds is 7. The molecule has 0 saturated carbocycles. The Morgan fingerprint density at radius 3 is 2.70 bits per heavy atom. The number of hydrogen-bond acceptors (Lipinski definition) is 4. The second kappa shape index (κ2) is 10.4. The highest BCUT2D eigenvalue weighted by Gasteiger charge is 2.28. The number of hydrogen-bond donors (Lipinski definition) is 5. The topological polar surface area (TPSA) is 100 Å². The summed E-state index contributed by atoms with van der Waals surface area (Å²) < 4.78 is 18.9. The summed E-state index contributed by atoms with van der Waals surface area (Å²) >= 11 is 11.4. The van der Waals surface area contributed by atoms with Gasteiger partial charge < -0.3 is 31.7 Å². The average Bonchev–Trinajstić information content (AvgIpc) is 2.70. The van der Waals surface area contributed by atoms with Crippen LogP contribution in [0.2, 0.25) is 5.02 Å². The van der Waals surface area contributed by atoms with E-state index in [1.54, 1.807) is 25.3 Å². The maximum Gasteiger partial charge on any atom is 0.314 e. The lowest BCUT2D eigenvalue weighted by molar-refractivity contribution is 0.130. The lowest BCUT2D eigenvalue weighted by Crippen LogP contribution is -2.48. The zero-order valence-corrected chi connectivity index (χ0v) is 18.5. The molecule has 162 valence electrons. The molecule has 7 nitrogen and oxygen atoms in total. The molecule has 2 aromatic rings. The summed E-state index contributed by atoms with van der Waals surface area (Å²) in [6.07, 6.45) is 0. The van der Waals surface area contributed by atoms with Crippen molar-refractivity contribution in [3.8, 4) is 0 Å².